The molecule has 1 aliphatic heterocycles. The highest BCUT2D eigenvalue weighted by molar-refractivity contribution is 5.79. The molecule has 1 aliphatic rings. The largest absolute Gasteiger partial charge is 0.396 e. The third-order valence-corrected chi connectivity index (χ3v) is 3.39. The minimum absolute atomic E-state index is 0.00614. The summed E-state index contributed by atoms with van der Waals surface area (Å²) in [4.78, 5) is 11.8. The predicted octanol–water partition coefficient (Wildman–Crippen LogP) is 0.936. The van der Waals surface area contributed by atoms with Crippen LogP contribution in [0.4, 0.5) is 0 Å². The van der Waals surface area contributed by atoms with Crippen molar-refractivity contribution in [2.75, 3.05) is 19.8 Å². The van der Waals surface area contributed by atoms with E-state index in [0.717, 1.165) is 19.3 Å². The maximum atomic E-state index is 11.8. The van der Waals surface area contributed by atoms with E-state index < -0.39 is 0 Å². The fraction of sp³-hybridized carbons (Fsp3) is 0.917. The number of aliphatic hydroxyl groups is 1. The number of nitrogens with one attached hydrogen (secondary N) is 1. The summed E-state index contributed by atoms with van der Waals surface area (Å²) in [5.41, 5.74) is 0. The van der Waals surface area contributed by atoms with Gasteiger partial charge in [-0.2, -0.15) is 0 Å². The third-order valence-electron chi connectivity index (χ3n) is 3.39. The smallest absolute Gasteiger partial charge is 0.225 e. The summed E-state index contributed by atoms with van der Waals surface area (Å²) >= 11 is 0. The molecule has 16 heavy (non-hydrogen) atoms. The van der Waals surface area contributed by atoms with Gasteiger partial charge in [0.15, 0.2) is 0 Å². The molecule has 1 heterocycles. The van der Waals surface area contributed by atoms with Gasteiger partial charge in [-0.1, -0.05) is 13.3 Å². The van der Waals surface area contributed by atoms with Crippen LogP contribution in [0.25, 0.3) is 0 Å². The van der Waals surface area contributed by atoms with E-state index in [2.05, 4.69) is 12.2 Å². The van der Waals surface area contributed by atoms with E-state index in [1.807, 2.05) is 6.92 Å². The number of hydrogen-bond acceptors (Lipinski definition) is 3. The second kappa shape index (κ2) is 6.86. The number of aliphatic hydroxyl groups excluding tert-OH is 1. The third kappa shape index (κ3) is 3.76. The van der Waals surface area contributed by atoms with Crippen molar-refractivity contribution >= 4 is 5.91 Å². The molecule has 94 valence electrons. The first kappa shape index (κ1) is 13.5. The Kier molecular flexibility index (Phi) is 5.77. The molecule has 0 aromatic heterocycles. The Balaban J connectivity index is 2.28. The van der Waals surface area contributed by atoms with Gasteiger partial charge in [0.25, 0.3) is 0 Å². The summed E-state index contributed by atoms with van der Waals surface area (Å²) < 4.78 is 5.37. The molecule has 0 radical (unpaired) electrons. The number of ether oxygens (including phenoxy) is 1. The van der Waals surface area contributed by atoms with Crippen LogP contribution in [0, 0.1) is 11.8 Å². The SMILES string of the molecule is CCC(CCO)CNC(=O)C1CCOC1C. The molecule has 0 saturated carbocycles. The molecule has 4 nitrogen and oxygen atoms in total. The monoisotopic (exact) mass is 229 g/mol. The number of hydrogen-bond donors (Lipinski definition) is 2. The van der Waals surface area contributed by atoms with Crippen LogP contribution in [-0.4, -0.2) is 36.9 Å². The normalized spacial score (nSPS) is 26.7. The molecule has 1 rings (SSSR count). The molecule has 1 amide bonds. The van der Waals surface area contributed by atoms with Crippen molar-refractivity contribution in [3.05, 3.63) is 0 Å². The van der Waals surface area contributed by atoms with Crippen LogP contribution in [0.5, 0.6) is 0 Å². The maximum Gasteiger partial charge on any atom is 0.225 e. The zero-order valence-corrected chi connectivity index (χ0v) is 10.2. The number of carbonyl (C=O) groups excluding carboxylic acids is 1. The van der Waals surface area contributed by atoms with E-state index in [1.165, 1.54) is 0 Å². The molecule has 1 fully saturated rings. The van der Waals surface area contributed by atoms with Crippen molar-refractivity contribution in [1.29, 1.82) is 0 Å². The zero-order valence-electron chi connectivity index (χ0n) is 10.2. The van der Waals surface area contributed by atoms with E-state index in [4.69, 9.17) is 9.84 Å². The van der Waals surface area contributed by atoms with E-state index in [9.17, 15) is 4.79 Å². The number of rotatable bonds is 6. The molecule has 0 aromatic carbocycles. The Morgan fingerprint density at radius 2 is 2.38 bits per heavy atom. The Morgan fingerprint density at radius 1 is 1.62 bits per heavy atom. The molecule has 0 spiro atoms. The van der Waals surface area contributed by atoms with Crippen LogP contribution in [0.3, 0.4) is 0 Å². The first-order valence-electron chi connectivity index (χ1n) is 6.19. The van der Waals surface area contributed by atoms with Gasteiger partial charge in [0.2, 0.25) is 5.91 Å². The molecule has 0 aromatic rings. The van der Waals surface area contributed by atoms with Crippen molar-refractivity contribution in [3.8, 4) is 0 Å². The Hall–Kier alpha value is -0.610. The van der Waals surface area contributed by atoms with E-state index in [-0.39, 0.29) is 24.5 Å². The fourth-order valence-corrected chi connectivity index (χ4v) is 2.09. The van der Waals surface area contributed by atoms with Crippen LogP contribution < -0.4 is 5.32 Å². The van der Waals surface area contributed by atoms with Gasteiger partial charge >= 0.3 is 0 Å². The van der Waals surface area contributed by atoms with Gasteiger partial charge in [-0.25, -0.2) is 0 Å². The minimum Gasteiger partial charge on any atom is -0.396 e. The molecule has 1 saturated heterocycles. The lowest BCUT2D eigenvalue weighted by Gasteiger charge is -2.18. The van der Waals surface area contributed by atoms with Crippen LogP contribution in [0.1, 0.15) is 33.1 Å². The molecular weight excluding hydrogens is 206 g/mol. The van der Waals surface area contributed by atoms with E-state index >= 15 is 0 Å². The summed E-state index contributed by atoms with van der Waals surface area (Å²) in [6.45, 7) is 5.57. The molecule has 3 atom stereocenters. The van der Waals surface area contributed by atoms with E-state index in [1.54, 1.807) is 0 Å². The lowest BCUT2D eigenvalue weighted by molar-refractivity contribution is -0.126. The van der Waals surface area contributed by atoms with E-state index in [0.29, 0.717) is 19.1 Å². The van der Waals surface area contributed by atoms with Gasteiger partial charge in [0, 0.05) is 19.8 Å². The Morgan fingerprint density at radius 3 is 2.88 bits per heavy atom. The van der Waals surface area contributed by atoms with Crippen LogP contribution in [0.15, 0.2) is 0 Å². The Labute approximate surface area is 97.4 Å². The van der Waals surface area contributed by atoms with Crippen LogP contribution in [-0.2, 0) is 9.53 Å². The molecule has 2 N–H and O–H groups in total. The molecule has 0 bridgehead atoms. The van der Waals surface area contributed by atoms with Crippen molar-refractivity contribution in [2.45, 2.75) is 39.2 Å². The summed E-state index contributed by atoms with van der Waals surface area (Å²) in [5, 5.41) is 11.8. The second-order valence-corrected chi connectivity index (χ2v) is 4.50. The Bertz CT molecular complexity index is 220. The standard InChI is InChI=1S/C12H23NO3/c1-3-10(4-6-14)8-13-12(15)11-5-7-16-9(11)2/h9-11,14H,3-8H2,1-2H3,(H,13,15). The van der Waals surface area contributed by atoms with Gasteiger partial charge in [0.1, 0.15) is 0 Å². The lowest BCUT2D eigenvalue weighted by atomic mass is 10.00. The molecular formula is C12H23NO3. The average molecular weight is 229 g/mol. The zero-order chi connectivity index (χ0) is 12.0. The van der Waals surface area contributed by atoms with Crippen molar-refractivity contribution in [2.24, 2.45) is 11.8 Å². The topological polar surface area (TPSA) is 58.6 Å². The van der Waals surface area contributed by atoms with Gasteiger partial charge in [0.05, 0.1) is 12.0 Å². The predicted molar refractivity (Wildman–Crippen MR) is 62.0 cm³/mol. The first-order valence-corrected chi connectivity index (χ1v) is 6.19. The van der Waals surface area contributed by atoms with Gasteiger partial charge in [-0.3, -0.25) is 4.79 Å². The number of carbonyl (C=O) groups is 1. The highest BCUT2D eigenvalue weighted by Crippen LogP contribution is 2.20. The number of amides is 1. The molecule has 4 heteroatoms. The highest BCUT2D eigenvalue weighted by atomic mass is 16.5. The fourth-order valence-electron chi connectivity index (χ4n) is 2.09. The second-order valence-electron chi connectivity index (χ2n) is 4.50. The maximum absolute atomic E-state index is 11.8. The van der Waals surface area contributed by atoms with Gasteiger partial charge < -0.3 is 15.2 Å². The lowest BCUT2D eigenvalue weighted by Crippen LogP contribution is -2.37. The van der Waals surface area contributed by atoms with Crippen LogP contribution in [0.2, 0.25) is 0 Å². The van der Waals surface area contributed by atoms with Crippen LogP contribution >= 0.6 is 0 Å². The molecule has 3 unspecified atom stereocenters. The summed E-state index contributed by atoms with van der Waals surface area (Å²) in [6, 6.07) is 0. The minimum atomic E-state index is 0.00614. The van der Waals surface area contributed by atoms with Crippen molar-refractivity contribution in [1.82, 2.24) is 5.32 Å². The molecule has 0 aliphatic carbocycles. The van der Waals surface area contributed by atoms with Crippen molar-refractivity contribution in [3.63, 3.8) is 0 Å². The quantitative estimate of drug-likeness (QED) is 0.712. The average Bonchev–Trinajstić information content (AvgIpc) is 2.70. The summed E-state index contributed by atoms with van der Waals surface area (Å²) in [7, 11) is 0. The van der Waals surface area contributed by atoms with Gasteiger partial charge in [-0.15, -0.1) is 0 Å². The van der Waals surface area contributed by atoms with Crippen molar-refractivity contribution < 1.29 is 14.6 Å². The van der Waals surface area contributed by atoms with Gasteiger partial charge in [-0.05, 0) is 25.7 Å². The summed E-state index contributed by atoms with van der Waals surface area (Å²) in [6.07, 6.45) is 2.60. The highest BCUT2D eigenvalue weighted by Gasteiger charge is 2.30. The summed E-state index contributed by atoms with van der Waals surface area (Å²) in [5.74, 6) is 0.486. The first-order chi connectivity index (χ1) is 7.69.